The van der Waals surface area contributed by atoms with Crippen molar-refractivity contribution >= 4 is 28.9 Å². The second-order valence-electron chi connectivity index (χ2n) is 7.45. The number of carbonyl (C=O) groups excluding carboxylic acids is 1. The van der Waals surface area contributed by atoms with Crippen LogP contribution in [0.1, 0.15) is 24.0 Å². The summed E-state index contributed by atoms with van der Waals surface area (Å²) in [5.41, 5.74) is 5.28. The molecule has 4 nitrogen and oxygen atoms in total. The summed E-state index contributed by atoms with van der Waals surface area (Å²) in [4.78, 5) is 15.8. The van der Waals surface area contributed by atoms with Crippen molar-refractivity contribution in [3.63, 3.8) is 0 Å². The van der Waals surface area contributed by atoms with Gasteiger partial charge in [0.05, 0.1) is 7.11 Å². The predicted molar refractivity (Wildman–Crippen MR) is 120 cm³/mol. The molecule has 0 unspecified atom stereocenters. The minimum Gasteiger partial charge on any atom is -0.466 e. The van der Waals surface area contributed by atoms with Crippen molar-refractivity contribution in [2.45, 2.75) is 25.7 Å². The molecule has 0 aliphatic carbocycles. The first kappa shape index (κ1) is 21.4. The van der Waals surface area contributed by atoms with Gasteiger partial charge in [-0.05, 0) is 68.6 Å². The van der Waals surface area contributed by atoms with E-state index in [2.05, 4.69) is 58.0 Å². The molecule has 0 fully saturated rings. The van der Waals surface area contributed by atoms with Crippen LogP contribution in [0.2, 0.25) is 5.02 Å². The van der Waals surface area contributed by atoms with Crippen molar-refractivity contribution in [1.29, 1.82) is 0 Å². The molecule has 0 aromatic heterocycles. The van der Waals surface area contributed by atoms with Gasteiger partial charge in [0.2, 0.25) is 0 Å². The summed E-state index contributed by atoms with van der Waals surface area (Å²) in [6, 6.07) is 14.9. The van der Waals surface area contributed by atoms with Crippen molar-refractivity contribution in [1.82, 2.24) is 4.90 Å². The van der Waals surface area contributed by atoms with E-state index in [1.165, 1.54) is 35.7 Å². The number of fused-ring (bicyclic) bond motifs is 2. The number of esters is 1. The van der Waals surface area contributed by atoms with Gasteiger partial charge in [-0.2, -0.15) is 0 Å². The standard InChI is InChI=1S/C24H29ClN2O2/c1-26(16-7-10-24(28)29-2)15-5-6-17-27-22-9-4-3-8-19(22)11-12-20-13-14-21(25)18-23(20)27/h3-4,7-10,13-14,18H,5-6,11-12,15-17H2,1-2H3/b10-7+. The lowest BCUT2D eigenvalue weighted by Gasteiger charge is -2.27. The van der Waals surface area contributed by atoms with E-state index in [1.807, 2.05) is 12.1 Å². The fraction of sp³-hybridized carbons (Fsp3) is 0.375. The number of ether oxygens (including phenoxy) is 1. The highest BCUT2D eigenvalue weighted by molar-refractivity contribution is 6.30. The number of benzene rings is 2. The Balaban J connectivity index is 1.62. The number of hydrogen-bond donors (Lipinski definition) is 0. The van der Waals surface area contributed by atoms with Crippen molar-refractivity contribution in [3.05, 3.63) is 70.8 Å². The number of carbonyl (C=O) groups is 1. The topological polar surface area (TPSA) is 32.8 Å². The van der Waals surface area contributed by atoms with E-state index in [0.717, 1.165) is 50.3 Å². The average Bonchev–Trinajstić information content (AvgIpc) is 2.88. The summed E-state index contributed by atoms with van der Waals surface area (Å²) in [6.45, 7) is 2.67. The Morgan fingerprint density at radius 1 is 1.14 bits per heavy atom. The normalized spacial score (nSPS) is 13.3. The molecule has 0 bridgehead atoms. The molecule has 29 heavy (non-hydrogen) atoms. The van der Waals surface area contributed by atoms with Gasteiger partial charge in [0, 0.05) is 35.6 Å². The Hall–Kier alpha value is -2.30. The Bertz CT molecular complexity index is 866. The van der Waals surface area contributed by atoms with Crippen LogP contribution in [-0.2, 0) is 22.4 Å². The zero-order valence-electron chi connectivity index (χ0n) is 17.2. The van der Waals surface area contributed by atoms with Gasteiger partial charge >= 0.3 is 5.97 Å². The van der Waals surface area contributed by atoms with Gasteiger partial charge in [0.1, 0.15) is 0 Å². The lowest BCUT2D eigenvalue weighted by molar-refractivity contribution is -0.134. The monoisotopic (exact) mass is 412 g/mol. The number of rotatable bonds is 8. The van der Waals surface area contributed by atoms with Crippen LogP contribution in [-0.4, -0.2) is 44.7 Å². The van der Waals surface area contributed by atoms with Crippen LogP contribution in [0.3, 0.4) is 0 Å². The number of anilines is 2. The number of halogens is 1. The number of hydrogen-bond acceptors (Lipinski definition) is 4. The number of aryl methyl sites for hydroxylation is 2. The average molecular weight is 413 g/mol. The van der Waals surface area contributed by atoms with Crippen LogP contribution in [0, 0.1) is 0 Å². The summed E-state index contributed by atoms with van der Waals surface area (Å²) in [5, 5.41) is 0.783. The molecule has 3 rings (SSSR count). The maximum Gasteiger partial charge on any atom is 0.330 e. The molecule has 0 N–H and O–H groups in total. The number of unbranched alkanes of at least 4 members (excludes halogenated alkanes) is 1. The molecule has 0 saturated carbocycles. The highest BCUT2D eigenvalue weighted by atomic mass is 35.5. The van der Waals surface area contributed by atoms with E-state index in [-0.39, 0.29) is 5.97 Å². The first-order valence-electron chi connectivity index (χ1n) is 10.2. The van der Waals surface area contributed by atoms with Gasteiger partial charge in [-0.1, -0.05) is 41.9 Å². The molecule has 0 atom stereocenters. The molecule has 0 amide bonds. The van der Waals surface area contributed by atoms with Gasteiger partial charge in [0.15, 0.2) is 0 Å². The summed E-state index contributed by atoms with van der Waals surface area (Å²) in [7, 11) is 3.46. The Kier molecular flexibility index (Phi) is 7.73. The molecule has 1 aliphatic rings. The zero-order chi connectivity index (χ0) is 20.6. The van der Waals surface area contributed by atoms with Gasteiger partial charge in [-0.25, -0.2) is 4.79 Å². The molecule has 0 radical (unpaired) electrons. The number of likely N-dealkylation sites (N-methyl/N-ethyl adjacent to an activating group) is 1. The molecule has 0 saturated heterocycles. The smallest absolute Gasteiger partial charge is 0.330 e. The largest absolute Gasteiger partial charge is 0.466 e. The van der Waals surface area contributed by atoms with E-state index in [4.69, 9.17) is 11.6 Å². The molecular weight excluding hydrogens is 384 g/mol. The Morgan fingerprint density at radius 3 is 2.69 bits per heavy atom. The molecule has 154 valence electrons. The quantitative estimate of drug-likeness (QED) is 0.346. The molecule has 1 aliphatic heterocycles. The second-order valence-corrected chi connectivity index (χ2v) is 7.88. The third-order valence-corrected chi connectivity index (χ3v) is 5.56. The van der Waals surface area contributed by atoms with Gasteiger partial charge in [-0.15, -0.1) is 0 Å². The lowest BCUT2D eigenvalue weighted by Crippen LogP contribution is -2.23. The van der Waals surface area contributed by atoms with E-state index in [0.29, 0.717) is 0 Å². The van der Waals surface area contributed by atoms with Crippen molar-refractivity contribution in [2.24, 2.45) is 0 Å². The van der Waals surface area contributed by atoms with Crippen molar-refractivity contribution < 1.29 is 9.53 Å². The summed E-state index contributed by atoms with van der Waals surface area (Å²) in [5.74, 6) is -0.310. The van der Waals surface area contributed by atoms with Crippen LogP contribution in [0.5, 0.6) is 0 Å². The van der Waals surface area contributed by atoms with Crippen LogP contribution in [0.4, 0.5) is 11.4 Å². The molecule has 2 aromatic carbocycles. The number of nitrogens with zero attached hydrogens (tertiary/aromatic N) is 2. The van der Waals surface area contributed by atoms with Crippen molar-refractivity contribution in [3.8, 4) is 0 Å². The lowest BCUT2D eigenvalue weighted by atomic mass is 10.0. The van der Waals surface area contributed by atoms with Gasteiger partial charge < -0.3 is 14.5 Å². The molecule has 1 heterocycles. The summed E-state index contributed by atoms with van der Waals surface area (Å²) in [6.07, 6.45) is 7.56. The van der Waals surface area contributed by atoms with E-state index in [1.54, 1.807) is 0 Å². The first-order valence-corrected chi connectivity index (χ1v) is 10.5. The Morgan fingerprint density at radius 2 is 1.90 bits per heavy atom. The van der Waals surface area contributed by atoms with Crippen LogP contribution in [0.25, 0.3) is 0 Å². The second kappa shape index (κ2) is 10.5. The van der Waals surface area contributed by atoms with Gasteiger partial charge in [0.25, 0.3) is 0 Å². The number of para-hydroxylation sites is 1. The molecule has 5 heteroatoms. The zero-order valence-corrected chi connectivity index (χ0v) is 18.0. The van der Waals surface area contributed by atoms with Crippen LogP contribution < -0.4 is 4.90 Å². The van der Waals surface area contributed by atoms with E-state index < -0.39 is 0 Å². The fourth-order valence-corrected chi connectivity index (χ4v) is 3.93. The van der Waals surface area contributed by atoms with Crippen LogP contribution in [0.15, 0.2) is 54.6 Å². The Labute approximate surface area is 178 Å². The third-order valence-electron chi connectivity index (χ3n) is 5.33. The van der Waals surface area contributed by atoms with E-state index in [9.17, 15) is 4.79 Å². The maximum absolute atomic E-state index is 11.1. The predicted octanol–water partition coefficient (Wildman–Crippen LogP) is 5.02. The summed E-state index contributed by atoms with van der Waals surface area (Å²) < 4.78 is 4.61. The van der Waals surface area contributed by atoms with Crippen LogP contribution >= 0.6 is 11.6 Å². The SMILES string of the molecule is COC(=O)/C=C/CN(C)CCCCN1c2ccccc2CCc2ccc(Cl)cc21. The van der Waals surface area contributed by atoms with Crippen molar-refractivity contribution in [2.75, 3.05) is 38.7 Å². The maximum atomic E-state index is 11.1. The van der Waals surface area contributed by atoms with Gasteiger partial charge in [-0.3, -0.25) is 0 Å². The minimum absolute atomic E-state index is 0.310. The molecular formula is C24H29ClN2O2. The first-order chi connectivity index (χ1) is 14.1. The highest BCUT2D eigenvalue weighted by Gasteiger charge is 2.20. The number of methoxy groups -OCH3 is 1. The van der Waals surface area contributed by atoms with E-state index >= 15 is 0 Å². The highest BCUT2D eigenvalue weighted by Crippen LogP contribution is 2.37. The minimum atomic E-state index is -0.310. The molecule has 0 spiro atoms. The molecule has 2 aromatic rings. The summed E-state index contributed by atoms with van der Waals surface area (Å²) >= 11 is 6.33. The fourth-order valence-electron chi connectivity index (χ4n) is 3.77. The third kappa shape index (κ3) is 5.84.